The lowest BCUT2D eigenvalue weighted by atomic mass is 10.1. The highest BCUT2D eigenvalue weighted by Crippen LogP contribution is 2.05. The number of hydrogen-bond acceptors (Lipinski definition) is 2. The molecule has 2 N–H and O–H groups in total. The summed E-state index contributed by atoms with van der Waals surface area (Å²) in [6, 6.07) is 7.34. The molecule has 0 saturated heterocycles. The molecule has 0 unspecified atom stereocenters. The molecule has 3 heteroatoms. The lowest BCUT2D eigenvalue weighted by Crippen LogP contribution is -2.13. The second-order valence-corrected chi connectivity index (χ2v) is 3.34. The molecule has 3 nitrogen and oxygen atoms in total. The van der Waals surface area contributed by atoms with E-state index in [0.29, 0.717) is 6.42 Å². The highest BCUT2D eigenvalue weighted by molar-refractivity contribution is 5.78. The maximum atomic E-state index is 10.8. The van der Waals surface area contributed by atoms with E-state index >= 15 is 0 Å². The first-order valence-electron chi connectivity index (χ1n) is 4.43. The van der Waals surface area contributed by atoms with Crippen LogP contribution in [0.3, 0.4) is 0 Å². The van der Waals surface area contributed by atoms with Crippen LogP contribution >= 0.6 is 0 Å². The Morgan fingerprint density at radius 1 is 1.07 bits per heavy atom. The Balaban J connectivity index is 2.68. The summed E-state index contributed by atoms with van der Waals surface area (Å²) in [6.45, 7) is 1.55. The first-order chi connectivity index (χ1) is 6.58. The predicted molar refractivity (Wildman–Crippen MR) is 53.7 cm³/mol. The molecule has 0 fully saturated rings. The zero-order valence-electron chi connectivity index (χ0n) is 8.12. The van der Waals surface area contributed by atoms with Gasteiger partial charge in [0.2, 0.25) is 5.91 Å². The van der Waals surface area contributed by atoms with Crippen LogP contribution in [0.25, 0.3) is 0 Å². The highest BCUT2D eigenvalue weighted by Gasteiger charge is 2.00. The number of ketones is 1. The van der Waals surface area contributed by atoms with Crippen molar-refractivity contribution >= 4 is 11.7 Å². The Kier molecular flexibility index (Phi) is 3.40. The van der Waals surface area contributed by atoms with E-state index in [2.05, 4.69) is 0 Å². The van der Waals surface area contributed by atoms with Gasteiger partial charge in [0, 0.05) is 6.42 Å². The average Bonchev–Trinajstić information content (AvgIpc) is 2.06. The lowest BCUT2D eigenvalue weighted by molar-refractivity contribution is -0.117. The van der Waals surface area contributed by atoms with Crippen molar-refractivity contribution < 1.29 is 9.59 Å². The second-order valence-electron chi connectivity index (χ2n) is 3.34. The Bertz CT molecular complexity index is 306. The van der Waals surface area contributed by atoms with E-state index in [4.69, 9.17) is 5.73 Å². The van der Waals surface area contributed by atoms with Crippen LogP contribution in [0.15, 0.2) is 24.3 Å². The predicted octanol–water partition coefficient (Wildman–Crippen LogP) is 0.846. The van der Waals surface area contributed by atoms with E-state index in [-0.39, 0.29) is 18.1 Å². The summed E-state index contributed by atoms with van der Waals surface area (Å²) in [5, 5.41) is 0. The van der Waals surface area contributed by atoms with Gasteiger partial charge in [-0.15, -0.1) is 0 Å². The maximum Gasteiger partial charge on any atom is 0.221 e. The lowest BCUT2D eigenvalue weighted by Gasteiger charge is -2.00. The first kappa shape index (κ1) is 10.4. The molecule has 74 valence electrons. The average molecular weight is 191 g/mol. The van der Waals surface area contributed by atoms with Crippen molar-refractivity contribution in [3.63, 3.8) is 0 Å². The van der Waals surface area contributed by atoms with Gasteiger partial charge in [-0.1, -0.05) is 24.3 Å². The second kappa shape index (κ2) is 4.56. The van der Waals surface area contributed by atoms with Crippen molar-refractivity contribution in [2.24, 2.45) is 5.73 Å². The summed E-state index contributed by atoms with van der Waals surface area (Å²) < 4.78 is 0. The fraction of sp³-hybridized carbons (Fsp3) is 0.273. The molecule has 0 aromatic heterocycles. The number of Topliss-reactive ketones (excluding diaryl/α,β-unsaturated/α-hetero) is 1. The quantitative estimate of drug-likeness (QED) is 0.766. The van der Waals surface area contributed by atoms with Crippen molar-refractivity contribution in [2.75, 3.05) is 0 Å². The topological polar surface area (TPSA) is 60.2 Å². The molecule has 1 aromatic carbocycles. The first-order valence-corrected chi connectivity index (χ1v) is 4.43. The van der Waals surface area contributed by atoms with Crippen LogP contribution in [0, 0.1) is 0 Å². The highest BCUT2D eigenvalue weighted by atomic mass is 16.1. The van der Waals surface area contributed by atoms with Gasteiger partial charge in [0.25, 0.3) is 0 Å². The molecule has 0 aliphatic heterocycles. The minimum Gasteiger partial charge on any atom is -0.369 e. The van der Waals surface area contributed by atoms with Crippen molar-refractivity contribution in [1.82, 2.24) is 0 Å². The third kappa shape index (κ3) is 3.39. The van der Waals surface area contributed by atoms with Gasteiger partial charge >= 0.3 is 0 Å². The fourth-order valence-electron chi connectivity index (χ4n) is 1.26. The zero-order chi connectivity index (χ0) is 10.6. The monoisotopic (exact) mass is 191 g/mol. The van der Waals surface area contributed by atoms with Crippen molar-refractivity contribution in [1.29, 1.82) is 0 Å². The summed E-state index contributed by atoms with van der Waals surface area (Å²) in [7, 11) is 0. The number of carbonyl (C=O) groups is 2. The number of amides is 1. The van der Waals surface area contributed by atoms with Gasteiger partial charge in [0.05, 0.1) is 6.42 Å². The summed E-state index contributed by atoms with van der Waals surface area (Å²) >= 11 is 0. The smallest absolute Gasteiger partial charge is 0.221 e. The van der Waals surface area contributed by atoms with Crippen LogP contribution in [0.4, 0.5) is 0 Å². The van der Waals surface area contributed by atoms with Crippen LogP contribution in [0.2, 0.25) is 0 Å². The minimum atomic E-state index is -0.343. The molecule has 0 saturated carbocycles. The molecule has 0 spiro atoms. The molecule has 1 aromatic rings. The molecule has 1 rings (SSSR count). The third-order valence-corrected chi connectivity index (χ3v) is 1.85. The number of primary amides is 1. The van der Waals surface area contributed by atoms with Crippen LogP contribution in [-0.2, 0) is 22.4 Å². The molecular weight excluding hydrogens is 178 g/mol. The largest absolute Gasteiger partial charge is 0.369 e. The van der Waals surface area contributed by atoms with E-state index < -0.39 is 0 Å². The van der Waals surface area contributed by atoms with Gasteiger partial charge in [-0.25, -0.2) is 0 Å². The Labute approximate surface area is 82.9 Å². The molecule has 0 aliphatic carbocycles. The SMILES string of the molecule is CC(=O)Cc1ccc(CC(N)=O)cc1. The van der Waals surface area contributed by atoms with Crippen molar-refractivity contribution in [3.8, 4) is 0 Å². The zero-order valence-corrected chi connectivity index (χ0v) is 8.12. The van der Waals surface area contributed by atoms with Gasteiger partial charge in [-0.2, -0.15) is 0 Å². The van der Waals surface area contributed by atoms with Crippen molar-refractivity contribution in [2.45, 2.75) is 19.8 Å². The van der Waals surface area contributed by atoms with E-state index in [1.54, 1.807) is 6.92 Å². The van der Waals surface area contributed by atoms with Crippen LogP contribution in [0.1, 0.15) is 18.1 Å². The van der Waals surface area contributed by atoms with E-state index in [0.717, 1.165) is 11.1 Å². The molecule has 0 atom stereocenters. The van der Waals surface area contributed by atoms with Gasteiger partial charge in [-0.05, 0) is 18.1 Å². The molecule has 0 aliphatic rings. The molecule has 0 heterocycles. The summed E-state index contributed by atoms with van der Waals surface area (Å²) in [5.41, 5.74) is 6.89. The van der Waals surface area contributed by atoms with Crippen molar-refractivity contribution in [3.05, 3.63) is 35.4 Å². The Hall–Kier alpha value is -1.64. The van der Waals surface area contributed by atoms with Crippen LogP contribution in [-0.4, -0.2) is 11.7 Å². The van der Waals surface area contributed by atoms with Gasteiger partial charge in [0.15, 0.2) is 0 Å². The number of benzene rings is 1. The van der Waals surface area contributed by atoms with Crippen LogP contribution in [0.5, 0.6) is 0 Å². The van der Waals surface area contributed by atoms with Gasteiger partial charge in [-0.3, -0.25) is 9.59 Å². The van der Waals surface area contributed by atoms with E-state index in [1.165, 1.54) is 0 Å². The molecule has 0 radical (unpaired) electrons. The third-order valence-electron chi connectivity index (χ3n) is 1.85. The normalized spacial score (nSPS) is 9.79. The van der Waals surface area contributed by atoms with Gasteiger partial charge in [0.1, 0.15) is 5.78 Å². The van der Waals surface area contributed by atoms with E-state index in [1.807, 2.05) is 24.3 Å². The molecular formula is C11H13NO2. The van der Waals surface area contributed by atoms with Crippen LogP contribution < -0.4 is 5.73 Å². The Morgan fingerprint density at radius 2 is 1.50 bits per heavy atom. The number of carbonyl (C=O) groups excluding carboxylic acids is 2. The summed E-state index contributed by atoms with van der Waals surface area (Å²) in [4.78, 5) is 21.4. The molecule has 1 amide bonds. The number of hydrogen-bond donors (Lipinski definition) is 1. The minimum absolute atomic E-state index is 0.132. The standard InChI is InChI=1S/C11H13NO2/c1-8(13)6-9-2-4-10(5-3-9)7-11(12)14/h2-5H,6-7H2,1H3,(H2,12,14). The Morgan fingerprint density at radius 3 is 1.86 bits per heavy atom. The number of nitrogens with two attached hydrogens (primary N) is 1. The van der Waals surface area contributed by atoms with E-state index in [9.17, 15) is 9.59 Å². The maximum absolute atomic E-state index is 10.8. The summed E-state index contributed by atoms with van der Waals surface area (Å²) in [5.74, 6) is -0.211. The molecule has 14 heavy (non-hydrogen) atoms. The van der Waals surface area contributed by atoms with Gasteiger partial charge < -0.3 is 5.73 Å². The molecule has 0 bridgehead atoms. The fourth-order valence-corrected chi connectivity index (χ4v) is 1.26. The number of rotatable bonds is 4. The summed E-state index contributed by atoms with van der Waals surface area (Å²) in [6.07, 6.45) is 0.692.